The number of aliphatic hydroxyl groups excluding tert-OH is 1. The summed E-state index contributed by atoms with van der Waals surface area (Å²) in [5, 5.41) is 21.5. The maximum absolute atomic E-state index is 13.0. The Bertz CT molecular complexity index is 1050. The zero-order chi connectivity index (χ0) is 23.4. The first-order valence-corrected chi connectivity index (χ1v) is 10.7. The fourth-order valence-electron chi connectivity index (χ4n) is 3.61. The first-order valence-electron chi connectivity index (χ1n) is 10.4. The van der Waals surface area contributed by atoms with Gasteiger partial charge >= 0.3 is 0 Å². The second-order valence-corrected chi connectivity index (χ2v) is 7.99. The largest absolute Gasteiger partial charge is 0.508 e. The second kappa shape index (κ2) is 10.1. The number of ether oxygens (including phenoxy) is 2. The van der Waals surface area contributed by atoms with Gasteiger partial charge in [-0.25, -0.2) is 0 Å². The normalized spacial score (nSPS) is 17.9. The van der Waals surface area contributed by atoms with Gasteiger partial charge in [0.05, 0.1) is 36.0 Å². The van der Waals surface area contributed by atoms with E-state index < -0.39 is 17.7 Å². The Morgan fingerprint density at radius 3 is 2.59 bits per heavy atom. The lowest BCUT2D eigenvalue weighted by atomic mass is 9.95. The molecule has 0 saturated carbocycles. The van der Waals surface area contributed by atoms with Gasteiger partial charge in [-0.15, -0.1) is 0 Å². The van der Waals surface area contributed by atoms with Crippen molar-refractivity contribution in [3.8, 4) is 11.5 Å². The molecular weight excluding hydrogens is 434 g/mol. The molecule has 2 aromatic carbocycles. The number of phenolic OH excluding ortho intramolecular Hbond substituents is 1. The number of hydrogen-bond donors (Lipinski definition) is 2. The summed E-state index contributed by atoms with van der Waals surface area (Å²) >= 11 is 6.15. The van der Waals surface area contributed by atoms with Crippen LogP contribution in [0.5, 0.6) is 11.5 Å². The van der Waals surface area contributed by atoms with Crippen LogP contribution in [0, 0.1) is 0 Å². The standard InChI is InChI=1S/C24H26ClNO6/c1-4-31-19-13-16(8-9-18(19)25)22(28)20-21(15-6-5-7-17(27)12-15)26(24(30)23(20)29)10-11-32-14(2)3/h5-9,12-14,21,27-28H,4,10-11H2,1-3H3/b22-20-. The third-order valence-electron chi connectivity index (χ3n) is 5.01. The highest BCUT2D eigenvalue weighted by atomic mass is 35.5. The average Bonchev–Trinajstić information content (AvgIpc) is 3.00. The quantitative estimate of drug-likeness (QED) is 0.347. The van der Waals surface area contributed by atoms with Crippen molar-refractivity contribution < 1.29 is 29.3 Å². The molecule has 2 aromatic rings. The Labute approximate surface area is 191 Å². The van der Waals surface area contributed by atoms with E-state index in [1.807, 2.05) is 13.8 Å². The summed E-state index contributed by atoms with van der Waals surface area (Å²) in [6.45, 7) is 6.28. The molecule has 0 aliphatic carbocycles. The van der Waals surface area contributed by atoms with Crippen molar-refractivity contribution in [2.45, 2.75) is 32.9 Å². The molecule has 1 amide bonds. The molecule has 1 heterocycles. The number of carbonyl (C=O) groups is 2. The minimum atomic E-state index is -0.885. The lowest BCUT2D eigenvalue weighted by molar-refractivity contribution is -0.140. The molecule has 170 valence electrons. The Balaban J connectivity index is 2.11. The number of rotatable bonds is 8. The molecule has 2 N–H and O–H groups in total. The van der Waals surface area contributed by atoms with E-state index in [0.29, 0.717) is 28.5 Å². The van der Waals surface area contributed by atoms with E-state index in [4.69, 9.17) is 21.1 Å². The average molecular weight is 460 g/mol. The number of amides is 1. The van der Waals surface area contributed by atoms with Crippen molar-refractivity contribution >= 4 is 29.1 Å². The van der Waals surface area contributed by atoms with Gasteiger partial charge < -0.3 is 24.6 Å². The van der Waals surface area contributed by atoms with Crippen LogP contribution in [0.1, 0.15) is 37.9 Å². The number of carbonyl (C=O) groups excluding carboxylic acids is 2. The summed E-state index contributed by atoms with van der Waals surface area (Å²) in [4.78, 5) is 27.2. The van der Waals surface area contributed by atoms with Crippen LogP contribution >= 0.6 is 11.6 Å². The van der Waals surface area contributed by atoms with Crippen molar-refractivity contribution in [2.24, 2.45) is 0 Å². The van der Waals surface area contributed by atoms with Gasteiger partial charge in [0.2, 0.25) is 0 Å². The van der Waals surface area contributed by atoms with Gasteiger partial charge in [0, 0.05) is 12.1 Å². The van der Waals surface area contributed by atoms with Crippen LogP contribution in [0.15, 0.2) is 48.0 Å². The van der Waals surface area contributed by atoms with Crippen molar-refractivity contribution in [2.75, 3.05) is 19.8 Å². The van der Waals surface area contributed by atoms with Crippen LogP contribution in [0.25, 0.3) is 5.76 Å². The maximum atomic E-state index is 13.0. The van der Waals surface area contributed by atoms with Crippen LogP contribution in [0.4, 0.5) is 0 Å². The minimum absolute atomic E-state index is 0.0170. The van der Waals surface area contributed by atoms with Crippen LogP contribution in [-0.4, -0.2) is 52.7 Å². The smallest absolute Gasteiger partial charge is 0.295 e. The topological polar surface area (TPSA) is 96.3 Å². The monoisotopic (exact) mass is 459 g/mol. The zero-order valence-electron chi connectivity index (χ0n) is 18.2. The second-order valence-electron chi connectivity index (χ2n) is 7.59. The van der Waals surface area contributed by atoms with Crippen molar-refractivity contribution in [1.82, 2.24) is 4.90 Å². The highest BCUT2D eigenvalue weighted by Crippen LogP contribution is 2.40. The summed E-state index contributed by atoms with van der Waals surface area (Å²) in [5.74, 6) is -1.57. The molecule has 0 aromatic heterocycles. The molecule has 1 unspecified atom stereocenters. The number of ketones is 1. The van der Waals surface area contributed by atoms with Gasteiger partial charge in [0.25, 0.3) is 11.7 Å². The third kappa shape index (κ3) is 4.89. The first-order chi connectivity index (χ1) is 15.2. The number of hydrogen-bond acceptors (Lipinski definition) is 6. The summed E-state index contributed by atoms with van der Waals surface area (Å²) in [6, 6.07) is 10.0. The maximum Gasteiger partial charge on any atom is 0.295 e. The molecule has 1 aliphatic heterocycles. The lowest BCUT2D eigenvalue weighted by Gasteiger charge is -2.25. The van der Waals surface area contributed by atoms with Gasteiger partial charge in [-0.1, -0.05) is 23.7 Å². The number of likely N-dealkylation sites (tertiary alicyclic amines) is 1. The number of benzene rings is 2. The van der Waals surface area contributed by atoms with E-state index in [1.165, 1.54) is 23.1 Å². The number of nitrogens with zero attached hydrogens (tertiary/aromatic N) is 1. The fourth-order valence-corrected chi connectivity index (χ4v) is 3.78. The van der Waals surface area contributed by atoms with Gasteiger partial charge in [-0.2, -0.15) is 0 Å². The molecule has 0 radical (unpaired) electrons. The highest BCUT2D eigenvalue weighted by molar-refractivity contribution is 6.46. The van der Waals surface area contributed by atoms with Crippen molar-refractivity contribution in [1.29, 1.82) is 0 Å². The lowest BCUT2D eigenvalue weighted by Crippen LogP contribution is -2.33. The van der Waals surface area contributed by atoms with Crippen LogP contribution in [-0.2, 0) is 14.3 Å². The Morgan fingerprint density at radius 1 is 1.19 bits per heavy atom. The Morgan fingerprint density at radius 2 is 1.94 bits per heavy atom. The first kappa shape index (κ1) is 23.6. The van der Waals surface area contributed by atoms with E-state index in [9.17, 15) is 19.8 Å². The molecule has 1 saturated heterocycles. The fraction of sp³-hybridized carbons (Fsp3) is 0.333. The molecule has 0 spiro atoms. The summed E-state index contributed by atoms with van der Waals surface area (Å²) in [6.07, 6.45) is -0.0444. The van der Waals surface area contributed by atoms with Crippen LogP contribution < -0.4 is 4.74 Å². The third-order valence-corrected chi connectivity index (χ3v) is 5.33. The van der Waals surface area contributed by atoms with E-state index in [1.54, 1.807) is 31.2 Å². The number of Topliss-reactive ketones (excluding diaryl/α,β-unsaturated/α-hetero) is 1. The number of halogens is 1. The molecule has 1 fully saturated rings. The molecule has 1 aliphatic rings. The molecule has 0 bridgehead atoms. The van der Waals surface area contributed by atoms with E-state index >= 15 is 0 Å². The van der Waals surface area contributed by atoms with E-state index in [0.717, 1.165) is 0 Å². The molecule has 1 atom stereocenters. The number of phenols is 1. The van der Waals surface area contributed by atoms with E-state index in [-0.39, 0.29) is 36.3 Å². The molecule has 32 heavy (non-hydrogen) atoms. The predicted molar refractivity (Wildman–Crippen MR) is 121 cm³/mol. The molecular formula is C24H26ClNO6. The molecule has 7 nitrogen and oxygen atoms in total. The molecule has 3 rings (SSSR count). The summed E-state index contributed by atoms with van der Waals surface area (Å²) in [7, 11) is 0. The van der Waals surface area contributed by atoms with Crippen molar-refractivity contribution in [3.63, 3.8) is 0 Å². The number of aromatic hydroxyl groups is 1. The van der Waals surface area contributed by atoms with E-state index in [2.05, 4.69) is 0 Å². The van der Waals surface area contributed by atoms with Crippen LogP contribution in [0.3, 0.4) is 0 Å². The van der Waals surface area contributed by atoms with Gasteiger partial charge in [0.1, 0.15) is 17.3 Å². The molecule has 8 heteroatoms. The van der Waals surface area contributed by atoms with Gasteiger partial charge in [-0.3, -0.25) is 9.59 Å². The Hall–Kier alpha value is -3.03. The van der Waals surface area contributed by atoms with Crippen molar-refractivity contribution in [3.05, 3.63) is 64.2 Å². The minimum Gasteiger partial charge on any atom is -0.508 e. The Kier molecular flexibility index (Phi) is 7.43. The van der Waals surface area contributed by atoms with Gasteiger partial charge in [0.15, 0.2) is 0 Å². The highest BCUT2D eigenvalue weighted by Gasteiger charge is 2.46. The van der Waals surface area contributed by atoms with Crippen LogP contribution in [0.2, 0.25) is 5.02 Å². The zero-order valence-corrected chi connectivity index (χ0v) is 18.9. The predicted octanol–water partition coefficient (Wildman–Crippen LogP) is 4.29. The van der Waals surface area contributed by atoms with Gasteiger partial charge in [-0.05, 0) is 56.7 Å². The number of aliphatic hydroxyl groups is 1. The summed E-state index contributed by atoms with van der Waals surface area (Å²) < 4.78 is 11.1. The SMILES string of the molecule is CCOc1cc(/C(O)=C2/C(=O)C(=O)N(CCOC(C)C)C2c2cccc(O)c2)ccc1Cl. The summed E-state index contributed by atoms with van der Waals surface area (Å²) in [5.41, 5.74) is 0.712.